The number of hydrogen-bond donors (Lipinski definition) is 1. The fourth-order valence-corrected chi connectivity index (χ4v) is 2.38. The van der Waals surface area contributed by atoms with Crippen LogP contribution < -0.4 is 5.32 Å². The summed E-state index contributed by atoms with van der Waals surface area (Å²) in [5.74, 6) is -3.90. The maximum atomic E-state index is 13.0. The molecular formula is C15H13F2N3O3. The van der Waals surface area contributed by atoms with E-state index in [0.717, 1.165) is 18.2 Å². The van der Waals surface area contributed by atoms with Crippen molar-refractivity contribution >= 4 is 23.8 Å². The van der Waals surface area contributed by atoms with E-state index in [-0.39, 0.29) is 18.7 Å². The van der Waals surface area contributed by atoms with Crippen molar-refractivity contribution in [1.29, 1.82) is 5.26 Å². The third kappa shape index (κ3) is 3.88. The lowest BCUT2D eigenvalue weighted by Crippen LogP contribution is -2.37. The van der Waals surface area contributed by atoms with Crippen molar-refractivity contribution in [3.8, 4) is 6.07 Å². The summed E-state index contributed by atoms with van der Waals surface area (Å²) in [6, 6.07) is 4.00. The average Bonchev–Trinajstić information content (AvgIpc) is 2.94. The largest absolute Gasteiger partial charge is 0.326 e. The van der Waals surface area contributed by atoms with E-state index in [1.54, 1.807) is 0 Å². The molecule has 0 spiro atoms. The van der Waals surface area contributed by atoms with Gasteiger partial charge in [-0.2, -0.15) is 5.26 Å². The topological polar surface area (TPSA) is 90.3 Å². The van der Waals surface area contributed by atoms with Crippen LogP contribution in [0.2, 0.25) is 0 Å². The van der Waals surface area contributed by atoms with Gasteiger partial charge < -0.3 is 15.0 Å². The Morgan fingerprint density at radius 2 is 2.13 bits per heavy atom. The molecule has 6 nitrogen and oxygen atoms in total. The van der Waals surface area contributed by atoms with Crippen molar-refractivity contribution in [3.05, 3.63) is 29.8 Å². The van der Waals surface area contributed by atoms with Crippen molar-refractivity contribution in [2.24, 2.45) is 5.92 Å². The fraction of sp³-hybridized carbons (Fsp3) is 0.333. The molecule has 2 rings (SSSR count). The number of rotatable bonds is 4. The molecule has 1 heterocycles. The van der Waals surface area contributed by atoms with E-state index in [0.29, 0.717) is 6.29 Å². The SMILES string of the molecule is N#CC1CC(C=O)CN1C(=O)CC(=O)Nc1ccc(F)c(F)c1. The zero-order valence-electron chi connectivity index (χ0n) is 12.0. The van der Waals surface area contributed by atoms with Gasteiger partial charge in [-0.3, -0.25) is 9.59 Å². The number of carbonyl (C=O) groups is 3. The second kappa shape index (κ2) is 6.96. The molecule has 0 aromatic heterocycles. The molecule has 0 bridgehead atoms. The number of hydrogen-bond acceptors (Lipinski definition) is 4. The Bertz CT molecular complexity index is 687. The summed E-state index contributed by atoms with van der Waals surface area (Å²) in [5, 5.41) is 11.3. The van der Waals surface area contributed by atoms with E-state index in [1.807, 2.05) is 6.07 Å². The Morgan fingerprint density at radius 3 is 2.74 bits per heavy atom. The van der Waals surface area contributed by atoms with Gasteiger partial charge in [0.05, 0.1) is 6.07 Å². The number of likely N-dealkylation sites (tertiary alicyclic amines) is 1. The highest BCUT2D eigenvalue weighted by atomic mass is 19.2. The molecule has 0 aliphatic carbocycles. The molecule has 1 aromatic rings. The number of nitriles is 1. The zero-order chi connectivity index (χ0) is 17.0. The lowest BCUT2D eigenvalue weighted by atomic mass is 10.1. The van der Waals surface area contributed by atoms with Crippen LogP contribution >= 0.6 is 0 Å². The van der Waals surface area contributed by atoms with Crippen molar-refractivity contribution in [2.45, 2.75) is 18.9 Å². The smallest absolute Gasteiger partial charge is 0.233 e. The number of nitrogens with zero attached hydrogens (tertiary/aromatic N) is 2. The van der Waals surface area contributed by atoms with E-state index in [2.05, 4.69) is 5.32 Å². The summed E-state index contributed by atoms with van der Waals surface area (Å²) < 4.78 is 25.8. The molecule has 1 fully saturated rings. The van der Waals surface area contributed by atoms with Gasteiger partial charge in [0, 0.05) is 24.2 Å². The Hall–Kier alpha value is -2.82. The standard InChI is InChI=1S/C15H13F2N3O3/c16-12-2-1-10(4-13(12)17)19-14(22)5-15(23)20-7-9(8-21)3-11(20)6-18/h1-2,4,8-9,11H,3,5,7H2,(H,19,22). The number of halogens is 2. The number of carbonyl (C=O) groups excluding carboxylic acids is 3. The van der Waals surface area contributed by atoms with Gasteiger partial charge in [-0.05, 0) is 18.6 Å². The molecule has 1 aliphatic rings. The second-order valence-corrected chi connectivity index (χ2v) is 5.18. The number of nitrogens with one attached hydrogen (secondary N) is 1. The van der Waals surface area contributed by atoms with Crippen molar-refractivity contribution in [1.82, 2.24) is 4.90 Å². The molecule has 1 saturated heterocycles. The van der Waals surface area contributed by atoms with E-state index < -0.39 is 41.8 Å². The van der Waals surface area contributed by atoms with Gasteiger partial charge in [0.25, 0.3) is 0 Å². The maximum absolute atomic E-state index is 13.0. The summed E-state index contributed by atoms with van der Waals surface area (Å²) in [5.41, 5.74) is 0.0192. The van der Waals surface area contributed by atoms with Gasteiger partial charge in [-0.15, -0.1) is 0 Å². The highest BCUT2D eigenvalue weighted by Gasteiger charge is 2.35. The molecule has 8 heteroatoms. The Morgan fingerprint density at radius 1 is 1.39 bits per heavy atom. The van der Waals surface area contributed by atoms with Crippen LogP contribution in [0.15, 0.2) is 18.2 Å². The van der Waals surface area contributed by atoms with Crippen LogP contribution in [0.25, 0.3) is 0 Å². The number of benzene rings is 1. The molecule has 2 unspecified atom stereocenters. The average molecular weight is 321 g/mol. The predicted octanol–water partition coefficient (Wildman–Crippen LogP) is 1.23. The van der Waals surface area contributed by atoms with Crippen molar-refractivity contribution < 1.29 is 23.2 Å². The molecule has 1 N–H and O–H groups in total. The molecule has 2 amide bonds. The summed E-state index contributed by atoms with van der Waals surface area (Å²) in [4.78, 5) is 35.8. The minimum atomic E-state index is -1.12. The number of anilines is 1. The summed E-state index contributed by atoms with van der Waals surface area (Å²) in [6.07, 6.45) is 0.373. The monoisotopic (exact) mass is 321 g/mol. The zero-order valence-corrected chi connectivity index (χ0v) is 12.0. The van der Waals surface area contributed by atoms with Crippen LogP contribution in [-0.2, 0) is 14.4 Å². The lowest BCUT2D eigenvalue weighted by Gasteiger charge is -2.19. The molecule has 2 atom stereocenters. The molecule has 1 aromatic carbocycles. The van der Waals surface area contributed by atoms with Gasteiger partial charge in [-0.1, -0.05) is 0 Å². The van der Waals surface area contributed by atoms with Gasteiger partial charge in [-0.25, -0.2) is 8.78 Å². The normalized spacial score (nSPS) is 20.0. The molecule has 0 radical (unpaired) electrons. The minimum absolute atomic E-state index is 0.0192. The summed E-state index contributed by atoms with van der Waals surface area (Å²) in [7, 11) is 0. The third-order valence-corrected chi connectivity index (χ3v) is 3.51. The third-order valence-electron chi connectivity index (χ3n) is 3.51. The summed E-state index contributed by atoms with van der Waals surface area (Å²) in [6.45, 7) is 0.0962. The lowest BCUT2D eigenvalue weighted by molar-refractivity contribution is -0.134. The first-order valence-corrected chi connectivity index (χ1v) is 6.84. The molecule has 23 heavy (non-hydrogen) atoms. The van der Waals surface area contributed by atoms with Crippen LogP contribution in [-0.4, -0.2) is 35.6 Å². The predicted molar refractivity (Wildman–Crippen MR) is 74.9 cm³/mol. The first-order chi connectivity index (χ1) is 10.9. The van der Waals surface area contributed by atoms with Gasteiger partial charge >= 0.3 is 0 Å². The first kappa shape index (κ1) is 16.5. The number of amides is 2. The minimum Gasteiger partial charge on any atom is -0.326 e. The molecule has 0 saturated carbocycles. The van der Waals surface area contributed by atoms with Crippen LogP contribution in [0, 0.1) is 28.9 Å². The highest BCUT2D eigenvalue weighted by Crippen LogP contribution is 2.22. The van der Waals surface area contributed by atoms with Crippen LogP contribution in [0.5, 0.6) is 0 Å². The molecular weight excluding hydrogens is 308 g/mol. The Kier molecular flexibility index (Phi) is 5.01. The van der Waals surface area contributed by atoms with Crippen LogP contribution in [0.1, 0.15) is 12.8 Å². The van der Waals surface area contributed by atoms with Crippen LogP contribution in [0.3, 0.4) is 0 Å². The van der Waals surface area contributed by atoms with E-state index in [9.17, 15) is 23.2 Å². The summed E-state index contributed by atoms with van der Waals surface area (Å²) >= 11 is 0. The van der Waals surface area contributed by atoms with Crippen molar-refractivity contribution in [3.63, 3.8) is 0 Å². The quantitative estimate of drug-likeness (QED) is 0.667. The maximum Gasteiger partial charge on any atom is 0.233 e. The van der Waals surface area contributed by atoms with E-state index >= 15 is 0 Å². The highest BCUT2D eigenvalue weighted by molar-refractivity contribution is 6.03. The van der Waals surface area contributed by atoms with Crippen molar-refractivity contribution in [2.75, 3.05) is 11.9 Å². The van der Waals surface area contributed by atoms with Crippen LogP contribution in [0.4, 0.5) is 14.5 Å². The molecule has 120 valence electrons. The van der Waals surface area contributed by atoms with Gasteiger partial charge in [0.2, 0.25) is 11.8 Å². The van der Waals surface area contributed by atoms with Gasteiger partial charge in [0.1, 0.15) is 18.7 Å². The second-order valence-electron chi connectivity index (χ2n) is 5.18. The van der Waals surface area contributed by atoms with E-state index in [1.165, 1.54) is 4.90 Å². The molecule has 1 aliphatic heterocycles. The van der Waals surface area contributed by atoms with E-state index in [4.69, 9.17) is 5.26 Å². The first-order valence-electron chi connectivity index (χ1n) is 6.84. The Labute approximate surface area is 130 Å². The fourth-order valence-electron chi connectivity index (χ4n) is 2.38. The Balaban J connectivity index is 1.97. The van der Waals surface area contributed by atoms with Gasteiger partial charge in [0.15, 0.2) is 11.6 Å². The number of aldehydes is 1.